The molecular weight excluding hydrogens is 484 g/mol. The second kappa shape index (κ2) is 8.61. The number of hydrogen-bond donors (Lipinski definition) is 1. The summed E-state index contributed by atoms with van der Waals surface area (Å²) in [5, 5.41) is 7.21. The number of nitrogens with one attached hydrogen (secondary N) is 1. The summed E-state index contributed by atoms with van der Waals surface area (Å²) in [7, 11) is -7.74. The van der Waals surface area contributed by atoms with Crippen molar-refractivity contribution in [2.24, 2.45) is 0 Å². The molecule has 0 unspecified atom stereocenters. The van der Waals surface area contributed by atoms with Gasteiger partial charge in [0.2, 0.25) is 11.8 Å². The standard InChI is InChI=1S/C20H22N6O6S2/c1-5-31-19-16-10-11-25(34(29,30)15-8-6-13(2)7-9-15)18(16)23-20(24-19)22-17-12-21-26(14(17)3)32-33(4,27)28/h6-12H,5H2,1-4H3,(H,22,23,24). The van der Waals surface area contributed by atoms with Crippen LogP contribution in [0.2, 0.25) is 0 Å². The first kappa shape index (κ1) is 23.5. The van der Waals surface area contributed by atoms with E-state index in [9.17, 15) is 16.8 Å². The minimum Gasteiger partial charge on any atom is -0.477 e. The first-order chi connectivity index (χ1) is 16.0. The van der Waals surface area contributed by atoms with Gasteiger partial charge in [-0.15, -0.1) is 5.10 Å². The number of nitrogens with zero attached hydrogens (tertiary/aromatic N) is 5. The van der Waals surface area contributed by atoms with Crippen LogP contribution in [-0.2, 0) is 20.1 Å². The molecule has 4 rings (SSSR count). The van der Waals surface area contributed by atoms with Gasteiger partial charge in [-0.3, -0.25) is 4.28 Å². The Morgan fingerprint density at radius 3 is 2.38 bits per heavy atom. The van der Waals surface area contributed by atoms with E-state index in [2.05, 4.69) is 20.4 Å². The molecule has 4 aromatic rings. The van der Waals surface area contributed by atoms with Crippen LogP contribution in [0.1, 0.15) is 18.2 Å². The number of rotatable bonds is 8. The molecule has 0 saturated carbocycles. The number of hydrogen-bond acceptors (Lipinski definition) is 10. The van der Waals surface area contributed by atoms with E-state index in [4.69, 9.17) is 9.02 Å². The Morgan fingerprint density at radius 1 is 1.03 bits per heavy atom. The number of anilines is 2. The first-order valence-electron chi connectivity index (χ1n) is 10.1. The predicted molar refractivity (Wildman–Crippen MR) is 124 cm³/mol. The second-order valence-electron chi connectivity index (χ2n) is 7.37. The molecule has 12 nitrogen and oxygen atoms in total. The highest BCUT2D eigenvalue weighted by Gasteiger charge is 2.23. The van der Waals surface area contributed by atoms with Crippen LogP contribution < -0.4 is 14.3 Å². The minimum absolute atomic E-state index is 0.0250. The van der Waals surface area contributed by atoms with E-state index >= 15 is 0 Å². The van der Waals surface area contributed by atoms with Crippen LogP contribution in [0, 0.1) is 13.8 Å². The molecule has 3 aromatic heterocycles. The van der Waals surface area contributed by atoms with E-state index in [0.29, 0.717) is 23.4 Å². The van der Waals surface area contributed by atoms with Gasteiger partial charge in [-0.1, -0.05) is 22.5 Å². The molecule has 34 heavy (non-hydrogen) atoms. The summed E-state index contributed by atoms with van der Waals surface area (Å²) < 4.78 is 60.9. The normalized spacial score (nSPS) is 12.1. The van der Waals surface area contributed by atoms with Crippen molar-refractivity contribution in [3.8, 4) is 5.88 Å². The predicted octanol–water partition coefficient (Wildman–Crippen LogP) is 2.01. The molecule has 0 atom stereocenters. The molecule has 0 spiro atoms. The maximum atomic E-state index is 13.3. The van der Waals surface area contributed by atoms with Crippen molar-refractivity contribution in [1.82, 2.24) is 23.9 Å². The molecule has 0 fully saturated rings. The topological polar surface area (TPSA) is 147 Å². The van der Waals surface area contributed by atoms with Crippen LogP contribution in [0.25, 0.3) is 11.0 Å². The van der Waals surface area contributed by atoms with Crippen molar-refractivity contribution in [2.45, 2.75) is 25.7 Å². The zero-order valence-electron chi connectivity index (χ0n) is 18.8. The van der Waals surface area contributed by atoms with Gasteiger partial charge < -0.3 is 10.1 Å². The second-order valence-corrected chi connectivity index (χ2v) is 10.7. The molecule has 0 radical (unpaired) electrons. The fraction of sp³-hybridized carbons (Fsp3) is 0.250. The van der Waals surface area contributed by atoms with E-state index in [1.54, 1.807) is 32.0 Å². The lowest BCUT2D eigenvalue weighted by Gasteiger charge is -2.11. The Balaban J connectivity index is 1.80. The third kappa shape index (κ3) is 4.54. The van der Waals surface area contributed by atoms with E-state index < -0.39 is 20.1 Å². The Morgan fingerprint density at radius 2 is 1.74 bits per heavy atom. The number of aryl methyl sites for hydroxylation is 1. The molecule has 0 bridgehead atoms. The third-order valence-electron chi connectivity index (χ3n) is 4.76. The van der Waals surface area contributed by atoms with Gasteiger partial charge in [0.05, 0.1) is 35.0 Å². The quantitative estimate of drug-likeness (QED) is 0.376. The summed E-state index contributed by atoms with van der Waals surface area (Å²) in [6.45, 7) is 5.51. The smallest absolute Gasteiger partial charge is 0.325 e. The summed E-state index contributed by atoms with van der Waals surface area (Å²) in [4.78, 5) is 9.68. The van der Waals surface area contributed by atoms with E-state index in [0.717, 1.165) is 20.6 Å². The van der Waals surface area contributed by atoms with Gasteiger partial charge in [-0.25, -0.2) is 12.4 Å². The van der Waals surface area contributed by atoms with Gasteiger partial charge in [0.1, 0.15) is 5.69 Å². The molecule has 0 aliphatic heterocycles. The van der Waals surface area contributed by atoms with Crippen LogP contribution in [0.4, 0.5) is 11.6 Å². The molecule has 3 heterocycles. The highest BCUT2D eigenvalue weighted by Crippen LogP contribution is 2.29. The van der Waals surface area contributed by atoms with Crippen molar-refractivity contribution < 1.29 is 25.9 Å². The molecule has 180 valence electrons. The number of benzene rings is 1. The maximum absolute atomic E-state index is 13.3. The Kier molecular flexibility index (Phi) is 5.95. The highest BCUT2D eigenvalue weighted by atomic mass is 32.2. The summed E-state index contributed by atoms with van der Waals surface area (Å²) >= 11 is 0. The zero-order chi connectivity index (χ0) is 24.7. The molecule has 14 heteroatoms. The monoisotopic (exact) mass is 506 g/mol. The molecule has 1 aromatic carbocycles. The van der Waals surface area contributed by atoms with Crippen molar-refractivity contribution in [1.29, 1.82) is 0 Å². The lowest BCUT2D eigenvalue weighted by atomic mass is 10.2. The number of ether oxygens (including phenoxy) is 1. The van der Waals surface area contributed by atoms with Crippen molar-refractivity contribution >= 4 is 42.8 Å². The Labute approximate surface area is 196 Å². The Bertz CT molecular complexity index is 1570. The van der Waals surface area contributed by atoms with Crippen LogP contribution in [0.5, 0.6) is 5.88 Å². The van der Waals surface area contributed by atoms with Gasteiger partial charge in [-0.2, -0.15) is 18.4 Å². The Hall–Kier alpha value is -3.65. The summed E-state index contributed by atoms with van der Waals surface area (Å²) in [5.74, 6) is 0.210. The molecule has 0 saturated heterocycles. The van der Waals surface area contributed by atoms with E-state index in [1.165, 1.54) is 24.5 Å². The molecule has 0 aliphatic rings. The highest BCUT2D eigenvalue weighted by molar-refractivity contribution is 7.90. The molecule has 1 N–H and O–H groups in total. The fourth-order valence-corrected chi connectivity index (χ4v) is 4.83. The van der Waals surface area contributed by atoms with Crippen LogP contribution in [0.15, 0.2) is 47.6 Å². The van der Waals surface area contributed by atoms with Crippen LogP contribution in [0.3, 0.4) is 0 Å². The average molecular weight is 507 g/mol. The lowest BCUT2D eigenvalue weighted by Crippen LogP contribution is -2.20. The zero-order valence-corrected chi connectivity index (χ0v) is 20.4. The molecule has 0 amide bonds. The van der Waals surface area contributed by atoms with Gasteiger partial charge in [-0.05, 0) is 39.0 Å². The molecular formula is C20H22N6O6S2. The van der Waals surface area contributed by atoms with E-state index in [1.807, 2.05) is 6.92 Å². The maximum Gasteiger partial charge on any atom is 0.325 e. The van der Waals surface area contributed by atoms with Crippen molar-refractivity contribution in [3.63, 3.8) is 0 Å². The summed E-state index contributed by atoms with van der Waals surface area (Å²) in [6.07, 6.45) is 3.62. The SMILES string of the molecule is CCOc1nc(Nc2cnn(OS(C)(=O)=O)c2C)nc2c1ccn2S(=O)(=O)c1ccc(C)cc1. The van der Waals surface area contributed by atoms with Gasteiger partial charge in [0.25, 0.3) is 10.0 Å². The van der Waals surface area contributed by atoms with Crippen molar-refractivity contribution in [3.05, 3.63) is 54.0 Å². The average Bonchev–Trinajstić information content (AvgIpc) is 3.33. The summed E-state index contributed by atoms with van der Waals surface area (Å²) in [6, 6.07) is 8.05. The fourth-order valence-electron chi connectivity index (χ4n) is 3.12. The largest absolute Gasteiger partial charge is 0.477 e. The van der Waals surface area contributed by atoms with E-state index in [-0.39, 0.29) is 22.4 Å². The number of aromatic nitrogens is 5. The third-order valence-corrected chi connectivity index (χ3v) is 6.85. The van der Waals surface area contributed by atoms with Crippen molar-refractivity contribution in [2.75, 3.05) is 18.2 Å². The van der Waals surface area contributed by atoms with Crippen LogP contribution in [-0.4, -0.2) is 53.6 Å². The van der Waals surface area contributed by atoms with Gasteiger partial charge >= 0.3 is 10.1 Å². The number of fused-ring (bicyclic) bond motifs is 1. The van der Waals surface area contributed by atoms with Gasteiger partial charge in [0, 0.05) is 6.20 Å². The lowest BCUT2D eigenvalue weighted by molar-refractivity contribution is 0.235. The van der Waals surface area contributed by atoms with Gasteiger partial charge in [0.15, 0.2) is 5.65 Å². The first-order valence-corrected chi connectivity index (χ1v) is 13.3. The van der Waals surface area contributed by atoms with Crippen LogP contribution >= 0.6 is 0 Å². The summed E-state index contributed by atoms with van der Waals surface area (Å²) in [5.41, 5.74) is 1.72. The minimum atomic E-state index is -3.94. The molecule has 0 aliphatic carbocycles.